The van der Waals surface area contributed by atoms with Crippen molar-refractivity contribution in [1.82, 2.24) is 4.57 Å². The normalized spacial score (nSPS) is 15.2. The molecule has 13 heavy (non-hydrogen) atoms. The summed E-state index contributed by atoms with van der Waals surface area (Å²) in [6, 6.07) is 6.66. The Labute approximate surface area is 78.0 Å². The number of hydrogen-bond acceptors (Lipinski definition) is 0. The van der Waals surface area contributed by atoms with Gasteiger partial charge in [-0.15, -0.1) is 0 Å². The monoisotopic (exact) mass is 171 g/mol. The molecule has 1 aliphatic rings. The summed E-state index contributed by atoms with van der Waals surface area (Å²) < 4.78 is 2.25. The lowest BCUT2D eigenvalue weighted by atomic mass is 9.93. The Kier molecular flexibility index (Phi) is 1.32. The van der Waals surface area contributed by atoms with Crippen LogP contribution in [0, 0.1) is 0 Å². The van der Waals surface area contributed by atoms with Crippen molar-refractivity contribution < 1.29 is 0 Å². The van der Waals surface area contributed by atoms with E-state index >= 15 is 0 Å². The molecule has 0 N–H and O–H groups in total. The van der Waals surface area contributed by atoms with Gasteiger partial charge in [0.1, 0.15) is 0 Å². The van der Waals surface area contributed by atoms with Crippen molar-refractivity contribution in [3.63, 3.8) is 0 Å². The molecule has 1 heteroatoms. The molecule has 0 aliphatic heterocycles. The topological polar surface area (TPSA) is 4.93 Å². The summed E-state index contributed by atoms with van der Waals surface area (Å²) in [5.74, 6) is 0. The summed E-state index contributed by atoms with van der Waals surface area (Å²) in [4.78, 5) is 0. The fourth-order valence-corrected chi connectivity index (χ4v) is 2.49. The van der Waals surface area contributed by atoms with Crippen LogP contribution in [0.4, 0.5) is 0 Å². The second-order valence-electron chi connectivity index (χ2n) is 3.93. The molecule has 1 heterocycles. The molecule has 0 radical (unpaired) electrons. The third-order valence-corrected chi connectivity index (χ3v) is 3.07. The Hall–Kier alpha value is -1.24. The van der Waals surface area contributed by atoms with E-state index in [1.807, 2.05) is 0 Å². The Bertz CT molecular complexity index is 465. The van der Waals surface area contributed by atoms with Crippen LogP contribution >= 0.6 is 0 Å². The molecule has 3 rings (SSSR count). The Morgan fingerprint density at radius 1 is 1.15 bits per heavy atom. The number of aromatic nitrogens is 1. The van der Waals surface area contributed by atoms with Gasteiger partial charge in [-0.1, -0.05) is 12.1 Å². The lowest BCUT2D eigenvalue weighted by Crippen LogP contribution is -1.97. The molecule has 0 unspecified atom stereocenters. The van der Waals surface area contributed by atoms with Crippen LogP contribution in [-0.2, 0) is 19.9 Å². The fourth-order valence-electron chi connectivity index (χ4n) is 2.49. The van der Waals surface area contributed by atoms with Crippen molar-refractivity contribution in [2.75, 3.05) is 0 Å². The van der Waals surface area contributed by atoms with Crippen molar-refractivity contribution in [3.8, 4) is 0 Å². The SMILES string of the molecule is Cn1cc2c3c(cccc31)CCC2. The van der Waals surface area contributed by atoms with Crippen LogP contribution in [0.3, 0.4) is 0 Å². The molecule has 1 aromatic carbocycles. The number of rotatable bonds is 0. The maximum atomic E-state index is 2.29. The molecule has 0 amide bonds. The minimum Gasteiger partial charge on any atom is -0.350 e. The standard InChI is InChI=1S/C12H13N/c1-13-8-10-6-2-4-9-5-3-7-11(13)12(9)10/h3,5,7-8H,2,4,6H2,1H3. The third-order valence-electron chi connectivity index (χ3n) is 3.07. The largest absolute Gasteiger partial charge is 0.350 e. The van der Waals surface area contributed by atoms with E-state index in [1.165, 1.54) is 30.2 Å². The second kappa shape index (κ2) is 2.38. The molecule has 0 saturated carbocycles. The fraction of sp³-hybridized carbons (Fsp3) is 0.333. The highest BCUT2D eigenvalue weighted by atomic mass is 14.9. The zero-order chi connectivity index (χ0) is 8.84. The molecule has 1 nitrogen and oxygen atoms in total. The van der Waals surface area contributed by atoms with Gasteiger partial charge in [0.05, 0.1) is 0 Å². The first-order valence-electron chi connectivity index (χ1n) is 4.92. The molecule has 0 saturated heterocycles. The lowest BCUT2D eigenvalue weighted by Gasteiger charge is -2.11. The van der Waals surface area contributed by atoms with Crippen LogP contribution in [0.25, 0.3) is 10.9 Å². The first kappa shape index (κ1) is 7.19. The molecule has 1 aromatic heterocycles. The highest BCUT2D eigenvalue weighted by molar-refractivity contribution is 5.88. The van der Waals surface area contributed by atoms with Crippen molar-refractivity contribution in [2.24, 2.45) is 7.05 Å². The molecule has 0 fully saturated rings. The van der Waals surface area contributed by atoms with Crippen LogP contribution in [0.5, 0.6) is 0 Å². The first-order chi connectivity index (χ1) is 6.36. The van der Waals surface area contributed by atoms with E-state index < -0.39 is 0 Å². The molecule has 2 aromatic rings. The van der Waals surface area contributed by atoms with Crippen LogP contribution in [0.15, 0.2) is 24.4 Å². The van der Waals surface area contributed by atoms with Gasteiger partial charge >= 0.3 is 0 Å². The van der Waals surface area contributed by atoms with Gasteiger partial charge in [0.25, 0.3) is 0 Å². The van der Waals surface area contributed by atoms with E-state index in [0.29, 0.717) is 0 Å². The number of hydrogen-bond donors (Lipinski definition) is 0. The third kappa shape index (κ3) is 0.873. The zero-order valence-electron chi connectivity index (χ0n) is 7.88. The van der Waals surface area contributed by atoms with Crippen LogP contribution in [-0.4, -0.2) is 4.57 Å². The second-order valence-corrected chi connectivity index (χ2v) is 3.93. The predicted octanol–water partition coefficient (Wildman–Crippen LogP) is 2.67. The lowest BCUT2D eigenvalue weighted by molar-refractivity contribution is 0.806. The Morgan fingerprint density at radius 3 is 2.92 bits per heavy atom. The summed E-state index contributed by atoms with van der Waals surface area (Å²) in [5, 5.41) is 1.52. The van der Waals surface area contributed by atoms with E-state index in [0.717, 1.165) is 0 Å². The molecule has 0 atom stereocenters. The molecule has 0 spiro atoms. The van der Waals surface area contributed by atoms with E-state index in [4.69, 9.17) is 0 Å². The molecular weight excluding hydrogens is 158 g/mol. The minimum atomic E-state index is 1.26. The van der Waals surface area contributed by atoms with Crippen molar-refractivity contribution in [3.05, 3.63) is 35.5 Å². The quantitative estimate of drug-likeness (QED) is 0.574. The number of aryl methyl sites for hydroxylation is 3. The average molecular weight is 171 g/mol. The maximum absolute atomic E-state index is 2.29. The molecule has 66 valence electrons. The van der Waals surface area contributed by atoms with Gasteiger partial charge in [0, 0.05) is 24.1 Å². The molecular formula is C12H13N. The number of nitrogens with zero attached hydrogens (tertiary/aromatic N) is 1. The van der Waals surface area contributed by atoms with Gasteiger partial charge < -0.3 is 4.57 Å². The minimum absolute atomic E-state index is 1.26. The van der Waals surface area contributed by atoms with Crippen LogP contribution in [0.1, 0.15) is 17.5 Å². The highest BCUT2D eigenvalue weighted by Crippen LogP contribution is 2.30. The Balaban J connectivity index is 2.51. The van der Waals surface area contributed by atoms with Crippen LogP contribution < -0.4 is 0 Å². The smallest absolute Gasteiger partial charge is 0.0483 e. The van der Waals surface area contributed by atoms with Crippen LogP contribution in [0.2, 0.25) is 0 Å². The van der Waals surface area contributed by atoms with Gasteiger partial charge in [-0.25, -0.2) is 0 Å². The van der Waals surface area contributed by atoms with E-state index in [9.17, 15) is 0 Å². The van der Waals surface area contributed by atoms with E-state index in [1.54, 1.807) is 11.1 Å². The zero-order valence-corrected chi connectivity index (χ0v) is 7.88. The van der Waals surface area contributed by atoms with Gasteiger partial charge in [-0.05, 0) is 36.5 Å². The summed E-state index contributed by atoms with van der Waals surface area (Å²) >= 11 is 0. The first-order valence-corrected chi connectivity index (χ1v) is 4.92. The predicted molar refractivity (Wildman–Crippen MR) is 54.9 cm³/mol. The van der Waals surface area contributed by atoms with E-state index in [2.05, 4.69) is 36.0 Å². The highest BCUT2D eigenvalue weighted by Gasteiger charge is 2.14. The van der Waals surface area contributed by atoms with E-state index in [-0.39, 0.29) is 0 Å². The summed E-state index contributed by atoms with van der Waals surface area (Å²) in [6.45, 7) is 0. The summed E-state index contributed by atoms with van der Waals surface area (Å²) in [6.07, 6.45) is 6.12. The van der Waals surface area contributed by atoms with Crippen molar-refractivity contribution in [2.45, 2.75) is 19.3 Å². The summed E-state index contributed by atoms with van der Waals surface area (Å²) in [5.41, 5.74) is 4.48. The average Bonchev–Trinajstić information content (AvgIpc) is 2.47. The van der Waals surface area contributed by atoms with Gasteiger partial charge in [-0.2, -0.15) is 0 Å². The van der Waals surface area contributed by atoms with Crippen molar-refractivity contribution in [1.29, 1.82) is 0 Å². The van der Waals surface area contributed by atoms with Gasteiger partial charge in [0.15, 0.2) is 0 Å². The molecule has 0 bridgehead atoms. The summed E-state index contributed by atoms with van der Waals surface area (Å²) in [7, 11) is 2.14. The Morgan fingerprint density at radius 2 is 2.00 bits per heavy atom. The van der Waals surface area contributed by atoms with Gasteiger partial charge in [-0.3, -0.25) is 0 Å². The van der Waals surface area contributed by atoms with Crippen molar-refractivity contribution >= 4 is 10.9 Å². The van der Waals surface area contributed by atoms with Gasteiger partial charge in [0.2, 0.25) is 0 Å². The number of benzene rings is 1. The maximum Gasteiger partial charge on any atom is 0.0483 e. The molecule has 1 aliphatic carbocycles.